The van der Waals surface area contributed by atoms with Crippen molar-refractivity contribution in [2.45, 2.75) is 45.5 Å². The number of hydrogen-bond donors (Lipinski definition) is 1. The fourth-order valence-corrected chi connectivity index (χ4v) is 2.56. The second-order valence-electron chi connectivity index (χ2n) is 5.12. The van der Waals surface area contributed by atoms with E-state index in [1.807, 2.05) is 6.92 Å². The molecule has 21 heavy (non-hydrogen) atoms. The molecule has 2 aromatic rings. The highest BCUT2D eigenvalue weighted by Gasteiger charge is 2.35. The normalized spacial score (nSPS) is 12.9. The van der Waals surface area contributed by atoms with E-state index in [0.717, 1.165) is 0 Å². The van der Waals surface area contributed by atoms with Crippen molar-refractivity contribution in [3.05, 3.63) is 33.6 Å². The topological polar surface area (TPSA) is 51.0 Å². The zero-order valence-corrected chi connectivity index (χ0v) is 12.7. The molecule has 0 aromatic carbocycles. The highest BCUT2D eigenvalue weighted by molar-refractivity contribution is 7.10. The molecule has 2 rings (SSSR count). The van der Waals surface area contributed by atoms with Gasteiger partial charge in [-0.1, -0.05) is 12.1 Å². The second kappa shape index (κ2) is 5.76. The molecule has 4 nitrogen and oxygen atoms in total. The van der Waals surface area contributed by atoms with E-state index in [-0.39, 0.29) is 12.1 Å². The lowest BCUT2D eigenvalue weighted by Crippen LogP contribution is -2.37. The second-order valence-corrected chi connectivity index (χ2v) is 6.03. The standard InChI is InChI=1S/C13H16F3N3OS/c1-4-9-18-11(19-20-9)12(2,3)17-7-8-5-6-21-10(8)13(14,15)16/h5-6,17H,4,7H2,1-3H3. The number of alkyl halides is 3. The molecule has 0 fully saturated rings. The van der Waals surface area contributed by atoms with Crippen molar-refractivity contribution >= 4 is 11.3 Å². The molecule has 0 saturated heterocycles. The van der Waals surface area contributed by atoms with Crippen LogP contribution in [-0.4, -0.2) is 10.1 Å². The molecule has 2 aromatic heterocycles. The monoisotopic (exact) mass is 319 g/mol. The third-order valence-electron chi connectivity index (χ3n) is 3.05. The van der Waals surface area contributed by atoms with E-state index in [1.165, 1.54) is 11.4 Å². The Hall–Kier alpha value is -1.41. The van der Waals surface area contributed by atoms with Gasteiger partial charge in [0, 0.05) is 13.0 Å². The maximum atomic E-state index is 12.8. The van der Waals surface area contributed by atoms with E-state index >= 15 is 0 Å². The van der Waals surface area contributed by atoms with Crippen LogP contribution in [0.4, 0.5) is 13.2 Å². The lowest BCUT2D eigenvalue weighted by Gasteiger charge is -2.22. The lowest BCUT2D eigenvalue weighted by molar-refractivity contribution is -0.135. The first-order valence-electron chi connectivity index (χ1n) is 6.45. The highest BCUT2D eigenvalue weighted by atomic mass is 32.1. The van der Waals surface area contributed by atoms with Gasteiger partial charge in [0.1, 0.15) is 4.88 Å². The maximum absolute atomic E-state index is 12.8. The number of aromatic nitrogens is 2. The summed E-state index contributed by atoms with van der Waals surface area (Å²) in [6, 6.07) is 1.48. The molecular weight excluding hydrogens is 303 g/mol. The molecule has 0 bridgehead atoms. The summed E-state index contributed by atoms with van der Waals surface area (Å²) in [6.45, 7) is 5.58. The Bertz CT molecular complexity index is 604. The fourth-order valence-electron chi connectivity index (χ4n) is 1.77. The van der Waals surface area contributed by atoms with Crippen LogP contribution in [0, 0.1) is 0 Å². The largest absolute Gasteiger partial charge is 0.425 e. The van der Waals surface area contributed by atoms with Crippen LogP contribution in [0.2, 0.25) is 0 Å². The molecular formula is C13H16F3N3OS. The molecule has 0 saturated carbocycles. The van der Waals surface area contributed by atoms with Crippen LogP contribution in [0.1, 0.15) is 42.9 Å². The van der Waals surface area contributed by atoms with Crippen molar-refractivity contribution in [1.82, 2.24) is 15.5 Å². The minimum Gasteiger partial charge on any atom is -0.339 e. The van der Waals surface area contributed by atoms with E-state index in [2.05, 4.69) is 15.5 Å². The van der Waals surface area contributed by atoms with Gasteiger partial charge in [0.2, 0.25) is 5.89 Å². The Morgan fingerprint density at radius 1 is 1.33 bits per heavy atom. The van der Waals surface area contributed by atoms with Gasteiger partial charge in [-0.25, -0.2) is 0 Å². The van der Waals surface area contributed by atoms with Crippen LogP contribution in [-0.2, 0) is 24.7 Å². The van der Waals surface area contributed by atoms with Crippen molar-refractivity contribution in [2.75, 3.05) is 0 Å². The molecule has 0 spiro atoms. The van der Waals surface area contributed by atoms with Gasteiger partial charge in [0.25, 0.3) is 0 Å². The lowest BCUT2D eigenvalue weighted by atomic mass is 10.0. The van der Waals surface area contributed by atoms with Crippen LogP contribution in [0.3, 0.4) is 0 Å². The first-order valence-corrected chi connectivity index (χ1v) is 7.33. The average molecular weight is 319 g/mol. The van der Waals surface area contributed by atoms with Crippen LogP contribution in [0.5, 0.6) is 0 Å². The van der Waals surface area contributed by atoms with E-state index in [9.17, 15) is 13.2 Å². The number of rotatable bonds is 5. The Morgan fingerprint density at radius 3 is 2.62 bits per heavy atom. The van der Waals surface area contributed by atoms with Gasteiger partial charge in [0.05, 0.1) is 5.54 Å². The summed E-state index contributed by atoms with van der Waals surface area (Å²) < 4.78 is 43.5. The highest BCUT2D eigenvalue weighted by Crippen LogP contribution is 2.36. The van der Waals surface area contributed by atoms with Crippen molar-refractivity contribution in [3.8, 4) is 0 Å². The fraction of sp³-hybridized carbons (Fsp3) is 0.538. The number of hydrogen-bond acceptors (Lipinski definition) is 5. The van der Waals surface area contributed by atoms with Crippen LogP contribution >= 0.6 is 11.3 Å². The zero-order valence-electron chi connectivity index (χ0n) is 11.9. The Labute approximate surface area is 124 Å². The van der Waals surface area contributed by atoms with Crippen molar-refractivity contribution in [3.63, 3.8) is 0 Å². The van der Waals surface area contributed by atoms with E-state index < -0.39 is 16.6 Å². The Balaban J connectivity index is 2.10. The maximum Gasteiger partial charge on any atom is 0.425 e. The summed E-state index contributed by atoms with van der Waals surface area (Å²) in [5.41, 5.74) is -0.457. The number of thiophene rings is 1. The molecule has 0 aliphatic heterocycles. The van der Waals surface area contributed by atoms with E-state index in [0.29, 0.717) is 29.5 Å². The summed E-state index contributed by atoms with van der Waals surface area (Å²) >= 11 is 0.696. The van der Waals surface area contributed by atoms with E-state index in [1.54, 1.807) is 13.8 Å². The summed E-state index contributed by atoms with van der Waals surface area (Å²) in [6.07, 6.45) is -3.71. The minimum atomic E-state index is -4.32. The van der Waals surface area contributed by atoms with Crippen LogP contribution < -0.4 is 5.32 Å². The third kappa shape index (κ3) is 3.62. The average Bonchev–Trinajstić information content (AvgIpc) is 3.04. The van der Waals surface area contributed by atoms with Crippen molar-refractivity contribution in [1.29, 1.82) is 0 Å². The minimum absolute atomic E-state index is 0.0847. The quantitative estimate of drug-likeness (QED) is 0.912. The number of halogens is 3. The molecule has 0 radical (unpaired) electrons. The zero-order chi connectivity index (χ0) is 15.7. The molecule has 0 unspecified atom stereocenters. The summed E-state index contributed by atoms with van der Waals surface area (Å²) in [7, 11) is 0. The van der Waals surface area contributed by atoms with Gasteiger partial charge >= 0.3 is 6.18 Å². The van der Waals surface area contributed by atoms with Crippen molar-refractivity contribution < 1.29 is 17.7 Å². The first kappa shape index (κ1) is 16.0. The van der Waals surface area contributed by atoms with Gasteiger partial charge in [-0.15, -0.1) is 11.3 Å². The van der Waals surface area contributed by atoms with Gasteiger partial charge in [-0.2, -0.15) is 18.2 Å². The first-order chi connectivity index (χ1) is 9.74. The Morgan fingerprint density at radius 2 is 2.05 bits per heavy atom. The SMILES string of the molecule is CCc1nc(C(C)(C)NCc2ccsc2C(F)(F)F)no1. The van der Waals surface area contributed by atoms with Gasteiger partial charge in [-0.3, -0.25) is 0 Å². The predicted molar refractivity (Wildman–Crippen MR) is 72.9 cm³/mol. The number of nitrogens with zero attached hydrogens (tertiary/aromatic N) is 2. The van der Waals surface area contributed by atoms with Crippen LogP contribution in [0.15, 0.2) is 16.0 Å². The molecule has 0 atom stereocenters. The molecule has 116 valence electrons. The van der Waals surface area contributed by atoms with Gasteiger partial charge < -0.3 is 9.84 Å². The molecule has 0 amide bonds. The Kier molecular flexibility index (Phi) is 4.38. The molecule has 0 aliphatic carbocycles. The number of nitrogens with one attached hydrogen (secondary N) is 1. The summed E-state index contributed by atoms with van der Waals surface area (Å²) in [5.74, 6) is 0.939. The van der Waals surface area contributed by atoms with Crippen molar-refractivity contribution in [2.24, 2.45) is 0 Å². The summed E-state index contributed by atoms with van der Waals surface area (Å²) in [4.78, 5) is 3.64. The number of aryl methyl sites for hydroxylation is 1. The van der Waals surface area contributed by atoms with E-state index in [4.69, 9.17) is 4.52 Å². The van der Waals surface area contributed by atoms with Gasteiger partial charge in [-0.05, 0) is 30.9 Å². The molecule has 2 heterocycles. The third-order valence-corrected chi connectivity index (χ3v) is 4.06. The molecule has 0 aliphatic rings. The molecule has 8 heteroatoms. The molecule has 1 N–H and O–H groups in total. The smallest absolute Gasteiger partial charge is 0.339 e. The van der Waals surface area contributed by atoms with Crippen LogP contribution in [0.25, 0.3) is 0 Å². The summed E-state index contributed by atoms with van der Waals surface area (Å²) in [5, 5.41) is 8.35. The predicted octanol–water partition coefficient (Wildman–Crippen LogP) is 3.74. The van der Waals surface area contributed by atoms with Gasteiger partial charge in [0.15, 0.2) is 5.82 Å².